The number of amides is 4. The number of carbonyl (C=O) groups is 3. The van der Waals surface area contributed by atoms with E-state index in [-0.39, 0.29) is 30.3 Å². The number of hydrogen-bond acceptors (Lipinski definition) is 5. The van der Waals surface area contributed by atoms with Gasteiger partial charge in [0.2, 0.25) is 5.91 Å². The highest BCUT2D eigenvalue weighted by Gasteiger charge is 2.56. The number of benzene rings is 1. The van der Waals surface area contributed by atoms with Crippen LogP contribution in [-0.2, 0) is 25.6 Å². The van der Waals surface area contributed by atoms with Crippen LogP contribution in [0.25, 0.3) is 0 Å². The molecular formula is C22H26ClN3O5. The molecule has 3 saturated heterocycles. The molecule has 1 aliphatic carbocycles. The van der Waals surface area contributed by atoms with Gasteiger partial charge in [0.1, 0.15) is 5.54 Å². The number of hydrogen-bond donors (Lipinski definition) is 1. The second-order valence-corrected chi connectivity index (χ2v) is 9.38. The predicted octanol–water partition coefficient (Wildman–Crippen LogP) is 2.30. The normalized spacial score (nSPS) is 27.0. The van der Waals surface area contributed by atoms with Crippen LogP contribution in [0.4, 0.5) is 4.79 Å². The summed E-state index contributed by atoms with van der Waals surface area (Å²) >= 11 is 6.23. The zero-order chi connectivity index (χ0) is 21.6. The van der Waals surface area contributed by atoms with Crippen molar-refractivity contribution in [3.8, 4) is 0 Å². The summed E-state index contributed by atoms with van der Waals surface area (Å²) in [6, 6.07) is 7.08. The number of likely N-dealkylation sites (tertiary alicyclic amines) is 1. The molecule has 0 bridgehead atoms. The monoisotopic (exact) mass is 447 g/mol. The van der Waals surface area contributed by atoms with Crippen LogP contribution in [0.2, 0.25) is 5.02 Å². The number of ether oxygens (including phenoxy) is 2. The van der Waals surface area contributed by atoms with Crippen LogP contribution in [0, 0.1) is 5.92 Å². The average molecular weight is 448 g/mol. The first-order chi connectivity index (χ1) is 14.9. The third kappa shape index (κ3) is 3.70. The van der Waals surface area contributed by atoms with Crippen LogP contribution in [0.15, 0.2) is 24.3 Å². The SMILES string of the molecule is O=C1CC(CN2C(=O)NC3(CCC4(CC3)OCCO4)C2=O)CN1Cc1ccccc1Cl. The number of carbonyl (C=O) groups excluding carboxylic acids is 3. The molecule has 1 atom stereocenters. The fourth-order valence-corrected chi connectivity index (χ4v) is 5.44. The van der Waals surface area contributed by atoms with Crippen molar-refractivity contribution in [2.24, 2.45) is 5.92 Å². The van der Waals surface area contributed by atoms with Gasteiger partial charge >= 0.3 is 6.03 Å². The number of urea groups is 1. The van der Waals surface area contributed by atoms with Crippen LogP contribution in [0.3, 0.4) is 0 Å². The molecule has 166 valence electrons. The lowest BCUT2D eigenvalue weighted by Crippen LogP contribution is -2.53. The maximum atomic E-state index is 13.2. The van der Waals surface area contributed by atoms with Crippen molar-refractivity contribution in [3.05, 3.63) is 34.9 Å². The number of nitrogens with zero attached hydrogens (tertiary/aromatic N) is 2. The highest BCUT2D eigenvalue weighted by molar-refractivity contribution is 6.31. The van der Waals surface area contributed by atoms with Gasteiger partial charge in [-0.15, -0.1) is 0 Å². The third-order valence-corrected chi connectivity index (χ3v) is 7.35. The van der Waals surface area contributed by atoms with Crippen molar-refractivity contribution in [1.29, 1.82) is 0 Å². The summed E-state index contributed by atoms with van der Waals surface area (Å²) < 4.78 is 11.5. The van der Waals surface area contributed by atoms with Crippen molar-refractivity contribution >= 4 is 29.4 Å². The van der Waals surface area contributed by atoms with Gasteiger partial charge in [0, 0.05) is 49.8 Å². The van der Waals surface area contributed by atoms with Crippen LogP contribution in [0.5, 0.6) is 0 Å². The van der Waals surface area contributed by atoms with Crippen LogP contribution < -0.4 is 5.32 Å². The maximum absolute atomic E-state index is 13.2. The number of nitrogens with one attached hydrogen (secondary N) is 1. The molecule has 1 N–H and O–H groups in total. The van der Waals surface area contributed by atoms with Crippen molar-refractivity contribution in [2.45, 2.75) is 50.0 Å². The molecule has 1 aromatic rings. The van der Waals surface area contributed by atoms with Gasteiger partial charge in [-0.1, -0.05) is 29.8 Å². The maximum Gasteiger partial charge on any atom is 0.325 e. The highest BCUT2D eigenvalue weighted by atomic mass is 35.5. The molecule has 31 heavy (non-hydrogen) atoms. The summed E-state index contributed by atoms with van der Waals surface area (Å²) in [6.07, 6.45) is 2.48. The van der Waals surface area contributed by atoms with E-state index in [0.29, 0.717) is 63.4 Å². The Balaban J connectivity index is 1.21. The van der Waals surface area contributed by atoms with Gasteiger partial charge in [0.15, 0.2) is 5.79 Å². The van der Waals surface area contributed by atoms with Crippen LogP contribution in [-0.4, -0.2) is 65.3 Å². The van der Waals surface area contributed by atoms with Crippen LogP contribution in [0.1, 0.15) is 37.7 Å². The molecule has 0 aromatic heterocycles. The molecule has 1 saturated carbocycles. The molecule has 8 nitrogen and oxygen atoms in total. The lowest BCUT2D eigenvalue weighted by Gasteiger charge is -2.39. The van der Waals surface area contributed by atoms with E-state index in [9.17, 15) is 14.4 Å². The van der Waals surface area contributed by atoms with E-state index >= 15 is 0 Å². The minimum absolute atomic E-state index is 0.0156. The molecule has 4 aliphatic rings. The quantitative estimate of drug-likeness (QED) is 0.715. The smallest absolute Gasteiger partial charge is 0.325 e. The average Bonchev–Trinajstić information content (AvgIpc) is 3.41. The van der Waals surface area contributed by atoms with E-state index in [1.165, 1.54) is 4.90 Å². The number of halogens is 1. The lowest BCUT2D eigenvalue weighted by atomic mass is 9.78. The van der Waals surface area contributed by atoms with Gasteiger partial charge in [-0.25, -0.2) is 4.79 Å². The minimum atomic E-state index is -0.877. The molecule has 1 unspecified atom stereocenters. The lowest BCUT2D eigenvalue weighted by molar-refractivity contribution is -0.186. The summed E-state index contributed by atoms with van der Waals surface area (Å²) in [6.45, 7) is 2.31. The summed E-state index contributed by atoms with van der Waals surface area (Å²) in [5.41, 5.74) is 0.0110. The molecular weight excluding hydrogens is 422 g/mol. The van der Waals surface area contributed by atoms with Gasteiger partial charge < -0.3 is 19.7 Å². The largest absolute Gasteiger partial charge is 0.348 e. The van der Waals surface area contributed by atoms with E-state index in [4.69, 9.17) is 21.1 Å². The molecule has 3 heterocycles. The Morgan fingerprint density at radius 3 is 2.48 bits per heavy atom. The molecule has 4 fully saturated rings. The summed E-state index contributed by atoms with van der Waals surface area (Å²) in [7, 11) is 0. The molecule has 4 amide bonds. The fourth-order valence-electron chi connectivity index (χ4n) is 5.24. The zero-order valence-electron chi connectivity index (χ0n) is 17.3. The van der Waals surface area contributed by atoms with Crippen molar-refractivity contribution < 1.29 is 23.9 Å². The van der Waals surface area contributed by atoms with Gasteiger partial charge in [-0.3, -0.25) is 14.5 Å². The highest BCUT2D eigenvalue weighted by Crippen LogP contribution is 2.43. The first kappa shape index (κ1) is 20.7. The van der Waals surface area contributed by atoms with E-state index in [1.807, 2.05) is 18.2 Å². The molecule has 1 aromatic carbocycles. The Bertz CT molecular complexity index is 906. The van der Waals surface area contributed by atoms with Gasteiger partial charge in [0.05, 0.1) is 13.2 Å². The topological polar surface area (TPSA) is 88.2 Å². The molecule has 0 radical (unpaired) electrons. The van der Waals surface area contributed by atoms with Crippen molar-refractivity contribution in [2.75, 3.05) is 26.3 Å². The first-order valence-corrected chi connectivity index (χ1v) is 11.2. The molecule has 2 spiro atoms. The minimum Gasteiger partial charge on any atom is -0.348 e. The van der Waals surface area contributed by atoms with E-state index in [1.54, 1.807) is 11.0 Å². The second-order valence-electron chi connectivity index (χ2n) is 8.97. The Hall–Kier alpha value is -2.16. The van der Waals surface area contributed by atoms with Crippen LogP contribution >= 0.6 is 11.6 Å². The molecule has 5 rings (SSSR count). The van der Waals surface area contributed by atoms with Gasteiger partial charge in [-0.2, -0.15) is 0 Å². The number of imide groups is 1. The van der Waals surface area contributed by atoms with E-state index in [2.05, 4.69) is 5.32 Å². The van der Waals surface area contributed by atoms with E-state index in [0.717, 1.165) is 5.56 Å². The molecule has 9 heteroatoms. The third-order valence-electron chi connectivity index (χ3n) is 6.98. The predicted molar refractivity (Wildman–Crippen MR) is 111 cm³/mol. The Morgan fingerprint density at radius 1 is 1.06 bits per heavy atom. The summed E-state index contributed by atoms with van der Waals surface area (Å²) in [5.74, 6) is -0.860. The second kappa shape index (κ2) is 7.76. The Labute approximate surface area is 185 Å². The number of rotatable bonds is 4. The first-order valence-electron chi connectivity index (χ1n) is 10.8. The van der Waals surface area contributed by atoms with Gasteiger partial charge in [-0.05, 0) is 24.5 Å². The van der Waals surface area contributed by atoms with Crippen molar-refractivity contribution in [1.82, 2.24) is 15.1 Å². The Kier molecular flexibility index (Phi) is 5.19. The fraction of sp³-hybridized carbons (Fsp3) is 0.591. The van der Waals surface area contributed by atoms with Gasteiger partial charge in [0.25, 0.3) is 5.91 Å². The summed E-state index contributed by atoms with van der Waals surface area (Å²) in [5, 5.41) is 3.55. The van der Waals surface area contributed by atoms with Crippen molar-refractivity contribution in [3.63, 3.8) is 0 Å². The zero-order valence-corrected chi connectivity index (χ0v) is 18.0. The summed E-state index contributed by atoms with van der Waals surface area (Å²) in [4.78, 5) is 41.5. The standard InChI is InChI=1S/C22H26ClN3O5/c23-17-4-2-1-3-16(17)14-25-12-15(11-18(25)27)13-26-19(28)21(24-20(26)29)5-7-22(8-6-21)30-9-10-31-22/h1-4,15H,5-14H2,(H,24,29). The Morgan fingerprint density at radius 2 is 1.77 bits per heavy atom. The van der Waals surface area contributed by atoms with E-state index < -0.39 is 11.3 Å². The molecule has 3 aliphatic heterocycles.